The van der Waals surface area contributed by atoms with Crippen LogP contribution in [0.15, 0.2) is 35.1 Å². The monoisotopic (exact) mass is 455 g/mol. The number of H-pyrrole nitrogens is 1. The molecule has 11 heteroatoms. The maximum absolute atomic E-state index is 14.1. The zero-order valence-corrected chi connectivity index (χ0v) is 17.1. The first-order valence-corrected chi connectivity index (χ1v) is 9.82. The summed E-state index contributed by atoms with van der Waals surface area (Å²) in [5, 5.41) is 2.57. The lowest BCUT2D eigenvalue weighted by Gasteiger charge is -2.19. The third-order valence-electron chi connectivity index (χ3n) is 4.79. The topological polar surface area (TPSA) is 93.3 Å². The number of hydrogen-bond donors (Lipinski definition) is 2. The highest BCUT2D eigenvalue weighted by Gasteiger charge is 2.32. The number of carbonyl (C=O) groups excluding carboxylic acids is 1. The Morgan fingerprint density at radius 1 is 1.28 bits per heavy atom. The van der Waals surface area contributed by atoms with E-state index in [1.165, 1.54) is 13.2 Å². The quantitative estimate of drug-likeness (QED) is 0.618. The van der Waals surface area contributed by atoms with E-state index in [0.29, 0.717) is 5.82 Å². The van der Waals surface area contributed by atoms with Gasteiger partial charge in [0.1, 0.15) is 11.5 Å². The van der Waals surface area contributed by atoms with Gasteiger partial charge in [0.25, 0.3) is 11.5 Å². The first-order chi connectivity index (χ1) is 15.2. The summed E-state index contributed by atoms with van der Waals surface area (Å²) in [7, 11) is 1.34. The molecule has 2 N–H and O–H groups in total. The molecule has 1 aromatic carbocycles. The Hall–Kier alpha value is -3.21. The predicted molar refractivity (Wildman–Crippen MR) is 106 cm³/mol. The first-order valence-electron chi connectivity index (χ1n) is 9.82. The summed E-state index contributed by atoms with van der Waals surface area (Å²) in [4.78, 5) is 31.7. The number of allylic oxidation sites excluding steroid dienone is 2. The van der Waals surface area contributed by atoms with Crippen molar-refractivity contribution in [2.45, 2.75) is 38.1 Å². The van der Waals surface area contributed by atoms with Crippen molar-refractivity contribution in [2.24, 2.45) is 0 Å². The Kier molecular flexibility index (Phi) is 7.29. The van der Waals surface area contributed by atoms with Crippen molar-refractivity contribution < 1.29 is 31.8 Å². The predicted octanol–water partition coefficient (Wildman–Crippen LogP) is 3.88. The van der Waals surface area contributed by atoms with E-state index in [9.17, 15) is 27.2 Å². The van der Waals surface area contributed by atoms with Crippen LogP contribution in [0.4, 0.5) is 17.6 Å². The molecule has 0 unspecified atom stereocenters. The van der Waals surface area contributed by atoms with Gasteiger partial charge >= 0.3 is 6.36 Å². The number of amides is 1. The van der Waals surface area contributed by atoms with E-state index in [4.69, 9.17) is 4.74 Å². The van der Waals surface area contributed by atoms with Crippen LogP contribution < -0.4 is 15.6 Å². The van der Waals surface area contributed by atoms with Crippen molar-refractivity contribution in [1.29, 1.82) is 0 Å². The summed E-state index contributed by atoms with van der Waals surface area (Å²) < 4.78 is 59.8. The second-order valence-corrected chi connectivity index (χ2v) is 7.17. The van der Waals surface area contributed by atoms with Crippen LogP contribution in [0.5, 0.6) is 5.75 Å². The van der Waals surface area contributed by atoms with E-state index >= 15 is 0 Å². The molecule has 1 heterocycles. The lowest BCUT2D eigenvalue weighted by Crippen LogP contribution is -2.33. The molecule has 32 heavy (non-hydrogen) atoms. The minimum absolute atomic E-state index is 0.105. The lowest BCUT2D eigenvalue weighted by atomic mass is 9.99. The van der Waals surface area contributed by atoms with E-state index in [-0.39, 0.29) is 17.9 Å². The third kappa shape index (κ3) is 6.16. The van der Waals surface area contributed by atoms with Gasteiger partial charge in [-0.2, -0.15) is 0 Å². The Morgan fingerprint density at radius 3 is 2.69 bits per heavy atom. The van der Waals surface area contributed by atoms with Crippen LogP contribution >= 0.6 is 0 Å². The molecule has 1 aliphatic rings. The number of nitrogens with zero attached hydrogens (tertiary/aromatic N) is 1. The van der Waals surface area contributed by atoms with Gasteiger partial charge < -0.3 is 19.8 Å². The van der Waals surface area contributed by atoms with Crippen molar-refractivity contribution in [3.05, 3.63) is 63.6 Å². The molecule has 0 radical (unpaired) electrons. The number of ether oxygens (including phenoxy) is 2. The van der Waals surface area contributed by atoms with Crippen LogP contribution in [0.1, 0.15) is 53.6 Å². The fourth-order valence-electron chi connectivity index (χ4n) is 3.34. The molecule has 172 valence electrons. The number of carbonyl (C=O) groups is 1. The number of alkyl halides is 3. The molecule has 7 nitrogen and oxygen atoms in total. The average Bonchev–Trinajstić information content (AvgIpc) is 2.74. The number of rotatable bonds is 7. The molecule has 1 aliphatic carbocycles. The zero-order valence-electron chi connectivity index (χ0n) is 17.1. The number of aromatic amines is 1. The molecule has 2 aromatic rings. The van der Waals surface area contributed by atoms with Gasteiger partial charge in [0.05, 0.1) is 12.6 Å². The minimum atomic E-state index is -5.04. The van der Waals surface area contributed by atoms with Gasteiger partial charge in [-0.25, -0.2) is 9.37 Å². The largest absolute Gasteiger partial charge is 0.573 e. The molecule has 1 atom stereocenters. The van der Waals surface area contributed by atoms with Crippen LogP contribution in [-0.4, -0.2) is 36.0 Å². The van der Waals surface area contributed by atoms with Crippen LogP contribution in [0.25, 0.3) is 5.57 Å². The van der Waals surface area contributed by atoms with E-state index in [0.717, 1.165) is 49.5 Å². The highest BCUT2D eigenvalue weighted by molar-refractivity contribution is 5.92. The molecule has 0 saturated heterocycles. The van der Waals surface area contributed by atoms with Crippen molar-refractivity contribution >= 4 is 11.5 Å². The summed E-state index contributed by atoms with van der Waals surface area (Å²) >= 11 is 0. The third-order valence-corrected chi connectivity index (χ3v) is 4.79. The van der Waals surface area contributed by atoms with Crippen molar-refractivity contribution in [2.75, 3.05) is 13.7 Å². The fraction of sp³-hybridized carbons (Fsp3) is 0.381. The molecule has 0 saturated carbocycles. The van der Waals surface area contributed by atoms with Gasteiger partial charge in [0.15, 0.2) is 11.6 Å². The number of methoxy groups -OCH3 is 1. The molecule has 0 spiro atoms. The van der Waals surface area contributed by atoms with E-state index in [2.05, 4.69) is 20.0 Å². The summed E-state index contributed by atoms with van der Waals surface area (Å²) in [6, 6.07) is 2.92. The maximum atomic E-state index is 14.1. The van der Waals surface area contributed by atoms with Crippen LogP contribution in [0.2, 0.25) is 0 Å². The smallest absolute Gasteiger partial charge is 0.403 e. The summed E-state index contributed by atoms with van der Waals surface area (Å²) in [5.41, 5.74) is 0.342. The first kappa shape index (κ1) is 23.5. The molecule has 0 bridgehead atoms. The number of benzene rings is 1. The number of nitrogens with one attached hydrogen (secondary N) is 2. The van der Waals surface area contributed by atoms with Gasteiger partial charge in [0, 0.05) is 13.2 Å². The van der Waals surface area contributed by atoms with Gasteiger partial charge in [0.2, 0.25) is 0 Å². The molecule has 3 rings (SSSR count). The summed E-state index contributed by atoms with van der Waals surface area (Å²) in [6.07, 6.45) is 0.485. The van der Waals surface area contributed by atoms with Crippen LogP contribution in [0.3, 0.4) is 0 Å². The van der Waals surface area contributed by atoms with E-state index in [1.807, 2.05) is 6.08 Å². The highest BCUT2D eigenvalue weighted by atomic mass is 19.4. The van der Waals surface area contributed by atoms with Gasteiger partial charge in [-0.15, -0.1) is 13.2 Å². The Bertz CT molecular complexity index is 1070. The lowest BCUT2D eigenvalue weighted by molar-refractivity contribution is -0.275. The minimum Gasteiger partial charge on any atom is -0.403 e. The van der Waals surface area contributed by atoms with Gasteiger partial charge in [-0.3, -0.25) is 9.59 Å². The number of hydrogen-bond acceptors (Lipinski definition) is 5. The normalized spacial score (nSPS) is 15.1. The van der Waals surface area contributed by atoms with Crippen molar-refractivity contribution in [3.63, 3.8) is 0 Å². The SMILES string of the molecule is COC[C@@H](NC(=O)c1cc(=O)[nH]c(C2=CCCCC2)n1)c1ccc(OC(F)(F)F)c(F)c1. The maximum Gasteiger partial charge on any atom is 0.573 e. The molecule has 1 aromatic heterocycles. The van der Waals surface area contributed by atoms with Gasteiger partial charge in [-0.05, 0) is 49.0 Å². The molecular weight excluding hydrogens is 434 g/mol. The molecule has 0 fully saturated rings. The van der Waals surface area contributed by atoms with Gasteiger partial charge in [-0.1, -0.05) is 12.1 Å². The average molecular weight is 455 g/mol. The van der Waals surface area contributed by atoms with E-state index < -0.39 is 35.4 Å². The standard InChI is InChI=1S/C21H21F4N3O4/c1-31-11-16(13-7-8-17(14(22)9-13)32-21(23,24)25)27-20(30)15-10-18(29)28-19(26-15)12-5-3-2-4-6-12/h5,7-10,16H,2-4,6,11H2,1H3,(H,27,30)(H,26,28,29)/t16-/m1/s1. The Labute approximate surface area is 180 Å². The molecule has 1 amide bonds. The second kappa shape index (κ2) is 9.94. The number of halogens is 4. The van der Waals surface area contributed by atoms with Crippen LogP contribution in [-0.2, 0) is 4.74 Å². The summed E-state index contributed by atoms with van der Waals surface area (Å²) in [5.74, 6) is -2.65. The fourth-order valence-corrected chi connectivity index (χ4v) is 3.34. The number of aromatic nitrogens is 2. The Balaban J connectivity index is 1.83. The van der Waals surface area contributed by atoms with E-state index in [1.54, 1.807) is 0 Å². The molecular formula is C21H21F4N3O4. The second-order valence-electron chi connectivity index (χ2n) is 7.17. The summed E-state index contributed by atoms with van der Waals surface area (Å²) in [6.45, 7) is -0.105. The van der Waals surface area contributed by atoms with Crippen molar-refractivity contribution in [1.82, 2.24) is 15.3 Å². The van der Waals surface area contributed by atoms with Crippen LogP contribution in [0, 0.1) is 5.82 Å². The zero-order chi connectivity index (χ0) is 23.3. The molecule has 0 aliphatic heterocycles. The van der Waals surface area contributed by atoms with Crippen molar-refractivity contribution in [3.8, 4) is 5.75 Å². The Morgan fingerprint density at radius 2 is 2.06 bits per heavy atom. The highest BCUT2D eigenvalue weighted by Crippen LogP contribution is 2.28.